The summed E-state index contributed by atoms with van der Waals surface area (Å²) in [4.78, 5) is 0. The van der Waals surface area contributed by atoms with E-state index in [0.717, 1.165) is 25.9 Å². The lowest BCUT2D eigenvalue weighted by Crippen LogP contribution is -2.34. The van der Waals surface area contributed by atoms with Gasteiger partial charge in [-0.15, -0.1) is 0 Å². The van der Waals surface area contributed by atoms with Crippen LogP contribution >= 0.6 is 0 Å². The zero-order valence-corrected chi connectivity index (χ0v) is 10.5. The molecule has 5 heteroatoms. The molecule has 2 saturated heterocycles. The van der Waals surface area contributed by atoms with Crippen molar-refractivity contribution >= 4 is 0 Å². The molecule has 0 aromatic rings. The number of nitrogens with one attached hydrogen (secondary N) is 1. The summed E-state index contributed by atoms with van der Waals surface area (Å²) in [5.41, 5.74) is 0. The highest BCUT2D eigenvalue weighted by Crippen LogP contribution is 2.13. The number of methoxy groups -OCH3 is 1. The monoisotopic (exact) mass is 245 g/mol. The van der Waals surface area contributed by atoms with E-state index in [1.165, 1.54) is 0 Å². The van der Waals surface area contributed by atoms with Crippen LogP contribution in [0.15, 0.2) is 0 Å². The summed E-state index contributed by atoms with van der Waals surface area (Å²) in [6.45, 7) is 4.68. The van der Waals surface area contributed by atoms with Crippen LogP contribution in [0.4, 0.5) is 0 Å². The number of piperidine rings is 1. The van der Waals surface area contributed by atoms with Gasteiger partial charge in [0.25, 0.3) is 0 Å². The maximum atomic E-state index is 5.76. The van der Waals surface area contributed by atoms with Crippen molar-refractivity contribution in [3.05, 3.63) is 0 Å². The summed E-state index contributed by atoms with van der Waals surface area (Å²) >= 11 is 0. The van der Waals surface area contributed by atoms with Gasteiger partial charge in [-0.25, -0.2) is 0 Å². The van der Waals surface area contributed by atoms with Crippen LogP contribution in [0.1, 0.15) is 12.8 Å². The van der Waals surface area contributed by atoms with Gasteiger partial charge in [0.05, 0.1) is 32.5 Å². The zero-order valence-electron chi connectivity index (χ0n) is 10.5. The average Bonchev–Trinajstić information content (AvgIpc) is 2.83. The maximum Gasteiger partial charge on any atom is 0.109 e. The van der Waals surface area contributed by atoms with Crippen molar-refractivity contribution in [1.82, 2.24) is 5.32 Å². The number of rotatable bonds is 6. The van der Waals surface area contributed by atoms with Crippen molar-refractivity contribution in [3.8, 4) is 0 Å². The minimum atomic E-state index is 0.0663. The van der Waals surface area contributed by atoms with E-state index in [4.69, 9.17) is 18.9 Å². The summed E-state index contributed by atoms with van der Waals surface area (Å²) in [6, 6.07) is 0. The summed E-state index contributed by atoms with van der Waals surface area (Å²) in [7, 11) is 1.70. The largest absolute Gasteiger partial charge is 0.376 e. The molecule has 5 nitrogen and oxygen atoms in total. The molecule has 1 N–H and O–H groups in total. The van der Waals surface area contributed by atoms with Crippen LogP contribution < -0.4 is 5.32 Å². The first-order valence-electron chi connectivity index (χ1n) is 6.44. The molecule has 0 bridgehead atoms. The van der Waals surface area contributed by atoms with E-state index in [1.54, 1.807) is 7.11 Å². The van der Waals surface area contributed by atoms with Gasteiger partial charge in [-0.2, -0.15) is 0 Å². The molecule has 0 saturated carbocycles. The molecule has 2 heterocycles. The standard InChI is InChI=1S/C12H23NO4/c1-14-11-8-15-9-12(11)17-7-6-16-10-2-4-13-5-3-10/h10-13H,2-9H2,1H3/t11-,12+/m0/s1. The predicted octanol–water partition coefficient (Wildman–Crippen LogP) is 0.185. The summed E-state index contributed by atoms with van der Waals surface area (Å²) in [5.74, 6) is 0. The molecule has 2 atom stereocenters. The van der Waals surface area contributed by atoms with E-state index in [1.807, 2.05) is 0 Å². The van der Waals surface area contributed by atoms with E-state index < -0.39 is 0 Å². The first-order chi connectivity index (χ1) is 8.40. The number of hydrogen-bond donors (Lipinski definition) is 1. The highest BCUT2D eigenvalue weighted by molar-refractivity contribution is 4.76. The van der Waals surface area contributed by atoms with Gasteiger partial charge >= 0.3 is 0 Å². The van der Waals surface area contributed by atoms with Crippen molar-refractivity contribution in [2.24, 2.45) is 0 Å². The Hall–Kier alpha value is -0.200. The second kappa shape index (κ2) is 7.28. The zero-order chi connectivity index (χ0) is 11.9. The van der Waals surface area contributed by atoms with Gasteiger partial charge in [0.15, 0.2) is 0 Å². The molecule has 0 unspecified atom stereocenters. The topological polar surface area (TPSA) is 49.0 Å². The van der Waals surface area contributed by atoms with Crippen molar-refractivity contribution in [2.45, 2.75) is 31.2 Å². The molecule has 2 fully saturated rings. The third-order valence-corrected chi connectivity index (χ3v) is 3.34. The fraction of sp³-hybridized carbons (Fsp3) is 1.00. The number of hydrogen-bond acceptors (Lipinski definition) is 5. The summed E-state index contributed by atoms with van der Waals surface area (Å²) in [6.07, 6.45) is 2.75. The highest BCUT2D eigenvalue weighted by Gasteiger charge is 2.28. The van der Waals surface area contributed by atoms with E-state index in [0.29, 0.717) is 32.5 Å². The fourth-order valence-corrected chi connectivity index (χ4v) is 2.27. The lowest BCUT2D eigenvalue weighted by molar-refractivity contribution is -0.0621. The molecule has 0 spiro atoms. The fourth-order valence-electron chi connectivity index (χ4n) is 2.27. The molecule has 0 radical (unpaired) electrons. The Morgan fingerprint density at radius 3 is 2.53 bits per heavy atom. The first kappa shape index (κ1) is 13.2. The Balaban J connectivity index is 1.53. The van der Waals surface area contributed by atoms with Gasteiger partial charge in [0.1, 0.15) is 12.2 Å². The molecule has 0 amide bonds. The van der Waals surface area contributed by atoms with Gasteiger partial charge < -0.3 is 24.3 Å². The maximum absolute atomic E-state index is 5.76. The SMILES string of the molecule is CO[C@H]1COC[C@H]1OCCOC1CCNCC1. The average molecular weight is 245 g/mol. The molecule has 0 aliphatic carbocycles. The van der Waals surface area contributed by atoms with E-state index in [9.17, 15) is 0 Å². The second-order valence-electron chi connectivity index (χ2n) is 4.54. The van der Waals surface area contributed by atoms with Crippen LogP contribution in [-0.4, -0.2) is 64.9 Å². The molecule has 2 aliphatic rings. The van der Waals surface area contributed by atoms with Crippen molar-refractivity contribution in [1.29, 1.82) is 0 Å². The van der Waals surface area contributed by atoms with E-state index in [2.05, 4.69) is 5.32 Å². The van der Waals surface area contributed by atoms with Crippen molar-refractivity contribution < 1.29 is 18.9 Å². The van der Waals surface area contributed by atoms with E-state index >= 15 is 0 Å². The van der Waals surface area contributed by atoms with Crippen molar-refractivity contribution in [2.75, 3.05) is 46.6 Å². The Kier molecular flexibility index (Phi) is 5.67. The van der Waals surface area contributed by atoms with Gasteiger partial charge in [0, 0.05) is 7.11 Å². The molecule has 100 valence electrons. The quantitative estimate of drug-likeness (QED) is 0.677. The minimum Gasteiger partial charge on any atom is -0.376 e. The molecule has 17 heavy (non-hydrogen) atoms. The van der Waals surface area contributed by atoms with Crippen LogP contribution in [0.2, 0.25) is 0 Å². The molecular weight excluding hydrogens is 222 g/mol. The second-order valence-corrected chi connectivity index (χ2v) is 4.54. The van der Waals surface area contributed by atoms with Gasteiger partial charge in [-0.05, 0) is 25.9 Å². The summed E-state index contributed by atoms with van der Waals surface area (Å²) in [5, 5.41) is 3.32. The van der Waals surface area contributed by atoms with Crippen LogP contribution in [-0.2, 0) is 18.9 Å². The van der Waals surface area contributed by atoms with Crippen molar-refractivity contribution in [3.63, 3.8) is 0 Å². The Morgan fingerprint density at radius 1 is 1.06 bits per heavy atom. The smallest absolute Gasteiger partial charge is 0.109 e. The van der Waals surface area contributed by atoms with Crippen LogP contribution in [0.5, 0.6) is 0 Å². The Bertz CT molecular complexity index is 209. The van der Waals surface area contributed by atoms with Crippen LogP contribution in [0.25, 0.3) is 0 Å². The van der Waals surface area contributed by atoms with Gasteiger partial charge in [0.2, 0.25) is 0 Å². The molecule has 2 aliphatic heterocycles. The number of ether oxygens (including phenoxy) is 4. The lowest BCUT2D eigenvalue weighted by atomic mass is 10.1. The first-order valence-corrected chi connectivity index (χ1v) is 6.44. The lowest BCUT2D eigenvalue weighted by Gasteiger charge is -2.23. The molecular formula is C12H23NO4. The molecule has 0 aromatic carbocycles. The minimum absolute atomic E-state index is 0.0663. The Labute approximate surface area is 103 Å². The highest BCUT2D eigenvalue weighted by atomic mass is 16.6. The van der Waals surface area contributed by atoms with Gasteiger partial charge in [-0.3, -0.25) is 0 Å². The third-order valence-electron chi connectivity index (χ3n) is 3.34. The van der Waals surface area contributed by atoms with Gasteiger partial charge in [-0.1, -0.05) is 0 Å². The normalized spacial score (nSPS) is 30.9. The summed E-state index contributed by atoms with van der Waals surface area (Å²) < 4.78 is 22.1. The third kappa shape index (κ3) is 4.19. The van der Waals surface area contributed by atoms with Crippen LogP contribution in [0, 0.1) is 0 Å². The van der Waals surface area contributed by atoms with Crippen LogP contribution in [0.3, 0.4) is 0 Å². The molecule has 2 rings (SSSR count). The molecule has 0 aromatic heterocycles. The van der Waals surface area contributed by atoms with E-state index in [-0.39, 0.29) is 12.2 Å². The predicted molar refractivity (Wildman–Crippen MR) is 63.2 cm³/mol. The Morgan fingerprint density at radius 2 is 1.76 bits per heavy atom.